The Morgan fingerprint density at radius 2 is 2.16 bits per heavy atom. The number of pyridine rings is 1. The second-order valence-corrected chi connectivity index (χ2v) is 7.69. The minimum absolute atomic E-state index is 0.211. The van der Waals surface area contributed by atoms with E-state index in [4.69, 9.17) is 9.84 Å². The van der Waals surface area contributed by atoms with Crippen LogP contribution < -0.4 is 4.74 Å². The van der Waals surface area contributed by atoms with E-state index in [0.29, 0.717) is 43.1 Å². The van der Waals surface area contributed by atoms with E-state index in [9.17, 15) is 10.1 Å². The van der Waals surface area contributed by atoms with Gasteiger partial charge in [0.2, 0.25) is 5.91 Å². The SMILES string of the molecule is Cc1ccc(Cc2nccc(-c3ccc(O[C@@H]4CCN(C(=O)CO)C4)c(C#N)c3)n2)cn1. The monoisotopic (exact) mass is 429 g/mol. The van der Waals surface area contributed by atoms with Gasteiger partial charge in [-0.15, -0.1) is 0 Å². The summed E-state index contributed by atoms with van der Waals surface area (Å²) in [6.07, 6.45) is 4.54. The molecule has 1 aliphatic rings. The number of carbonyl (C=O) groups is 1. The summed E-state index contributed by atoms with van der Waals surface area (Å²) in [4.78, 5) is 26.5. The maximum Gasteiger partial charge on any atom is 0.248 e. The fourth-order valence-electron chi connectivity index (χ4n) is 3.64. The van der Waals surface area contributed by atoms with E-state index in [1.165, 1.54) is 0 Å². The van der Waals surface area contributed by atoms with E-state index in [1.54, 1.807) is 23.2 Å². The molecule has 8 heteroatoms. The van der Waals surface area contributed by atoms with Gasteiger partial charge < -0.3 is 14.7 Å². The molecular formula is C24H23N5O3. The lowest BCUT2D eigenvalue weighted by atomic mass is 10.1. The molecule has 1 atom stereocenters. The van der Waals surface area contributed by atoms with E-state index < -0.39 is 6.61 Å². The predicted molar refractivity (Wildman–Crippen MR) is 117 cm³/mol. The molecule has 2 aromatic heterocycles. The lowest BCUT2D eigenvalue weighted by molar-refractivity contribution is -0.133. The largest absolute Gasteiger partial charge is 0.487 e. The number of rotatable bonds is 6. The van der Waals surface area contributed by atoms with Crippen LogP contribution in [0.2, 0.25) is 0 Å². The van der Waals surface area contributed by atoms with Gasteiger partial charge in [0.1, 0.15) is 30.4 Å². The van der Waals surface area contributed by atoms with Crippen LogP contribution in [0.5, 0.6) is 5.75 Å². The van der Waals surface area contributed by atoms with Crippen molar-refractivity contribution in [3.8, 4) is 23.1 Å². The first-order valence-electron chi connectivity index (χ1n) is 10.4. The van der Waals surface area contributed by atoms with Crippen molar-refractivity contribution in [2.24, 2.45) is 0 Å². The second kappa shape index (κ2) is 9.54. The van der Waals surface area contributed by atoms with E-state index in [2.05, 4.69) is 21.0 Å². The van der Waals surface area contributed by atoms with Crippen molar-refractivity contribution in [3.05, 3.63) is 71.4 Å². The molecule has 0 aliphatic carbocycles. The molecule has 1 amide bonds. The number of aryl methyl sites for hydroxylation is 1. The average molecular weight is 429 g/mol. The molecule has 32 heavy (non-hydrogen) atoms. The van der Waals surface area contributed by atoms with Gasteiger partial charge in [0, 0.05) is 43.0 Å². The minimum Gasteiger partial charge on any atom is -0.487 e. The molecule has 4 rings (SSSR count). The summed E-state index contributed by atoms with van der Waals surface area (Å²) in [6.45, 7) is 2.37. The average Bonchev–Trinajstić information content (AvgIpc) is 3.29. The van der Waals surface area contributed by atoms with Crippen LogP contribution in [0.1, 0.15) is 29.1 Å². The van der Waals surface area contributed by atoms with Crippen molar-refractivity contribution in [2.75, 3.05) is 19.7 Å². The van der Waals surface area contributed by atoms with Crippen LogP contribution in [0.25, 0.3) is 11.3 Å². The quantitative estimate of drug-likeness (QED) is 0.640. The number of carbonyl (C=O) groups excluding carboxylic acids is 1. The predicted octanol–water partition coefficient (Wildman–Crippen LogP) is 2.28. The number of hydrogen-bond acceptors (Lipinski definition) is 7. The van der Waals surface area contributed by atoms with Gasteiger partial charge in [-0.25, -0.2) is 9.97 Å². The van der Waals surface area contributed by atoms with E-state index in [-0.39, 0.29) is 12.0 Å². The Bertz CT molecular complexity index is 1160. The lowest BCUT2D eigenvalue weighted by Crippen LogP contribution is -2.32. The number of nitriles is 1. The van der Waals surface area contributed by atoms with Crippen LogP contribution in [0, 0.1) is 18.3 Å². The molecule has 1 fully saturated rings. The summed E-state index contributed by atoms with van der Waals surface area (Å²) < 4.78 is 5.99. The number of benzene rings is 1. The summed E-state index contributed by atoms with van der Waals surface area (Å²) in [5, 5.41) is 18.7. The smallest absolute Gasteiger partial charge is 0.248 e. The van der Waals surface area contributed by atoms with Crippen LogP contribution in [-0.2, 0) is 11.2 Å². The maximum atomic E-state index is 11.6. The first kappa shape index (κ1) is 21.4. The summed E-state index contributed by atoms with van der Waals surface area (Å²) >= 11 is 0. The van der Waals surface area contributed by atoms with Crippen LogP contribution in [0.15, 0.2) is 48.8 Å². The molecule has 0 spiro atoms. The fourth-order valence-corrected chi connectivity index (χ4v) is 3.64. The zero-order chi connectivity index (χ0) is 22.5. The van der Waals surface area contributed by atoms with Gasteiger partial charge in [-0.2, -0.15) is 5.26 Å². The highest BCUT2D eigenvalue weighted by Crippen LogP contribution is 2.27. The summed E-state index contributed by atoms with van der Waals surface area (Å²) in [5.74, 6) is 0.832. The molecule has 1 aliphatic heterocycles. The van der Waals surface area contributed by atoms with Gasteiger partial charge in [-0.1, -0.05) is 6.07 Å². The molecule has 0 saturated carbocycles. The molecule has 8 nitrogen and oxygen atoms in total. The van der Waals surface area contributed by atoms with Crippen molar-refractivity contribution in [1.82, 2.24) is 19.9 Å². The highest BCUT2D eigenvalue weighted by Gasteiger charge is 2.27. The Hall–Kier alpha value is -3.83. The molecular weight excluding hydrogens is 406 g/mol. The molecule has 1 saturated heterocycles. The molecule has 3 aromatic rings. The Balaban J connectivity index is 1.50. The number of likely N-dealkylation sites (tertiary alicyclic amines) is 1. The molecule has 1 N–H and O–H groups in total. The van der Waals surface area contributed by atoms with Gasteiger partial charge in [0.05, 0.1) is 17.8 Å². The third kappa shape index (κ3) is 4.90. The first-order chi connectivity index (χ1) is 15.6. The highest BCUT2D eigenvalue weighted by molar-refractivity contribution is 5.77. The molecule has 3 heterocycles. The van der Waals surface area contributed by atoms with Crippen molar-refractivity contribution in [1.29, 1.82) is 5.26 Å². The third-order valence-electron chi connectivity index (χ3n) is 5.36. The molecule has 1 aromatic carbocycles. The fraction of sp³-hybridized carbons (Fsp3) is 0.292. The second-order valence-electron chi connectivity index (χ2n) is 7.69. The molecule has 0 unspecified atom stereocenters. The molecule has 0 radical (unpaired) electrons. The van der Waals surface area contributed by atoms with Crippen LogP contribution >= 0.6 is 0 Å². The zero-order valence-corrected chi connectivity index (χ0v) is 17.7. The topological polar surface area (TPSA) is 112 Å². The van der Waals surface area contributed by atoms with E-state index in [0.717, 1.165) is 22.5 Å². The van der Waals surface area contributed by atoms with Gasteiger partial charge >= 0.3 is 0 Å². The van der Waals surface area contributed by atoms with Crippen molar-refractivity contribution >= 4 is 5.91 Å². The highest BCUT2D eigenvalue weighted by atomic mass is 16.5. The third-order valence-corrected chi connectivity index (χ3v) is 5.36. The Kier molecular flexibility index (Phi) is 6.38. The lowest BCUT2D eigenvalue weighted by Gasteiger charge is -2.17. The van der Waals surface area contributed by atoms with Crippen molar-refractivity contribution in [2.45, 2.75) is 25.9 Å². The number of nitrogens with zero attached hydrogens (tertiary/aromatic N) is 5. The number of amides is 1. The standard InChI is InChI=1S/C24H23N5O3/c1-16-2-3-17(13-27-16)10-23-26-8-6-21(28-23)18-4-5-22(19(11-18)12-25)32-20-7-9-29(14-20)24(31)15-30/h2-6,8,11,13,20,30H,7,9-10,14-15H2,1H3/t20-/m1/s1. The summed E-state index contributed by atoms with van der Waals surface area (Å²) in [6, 6.07) is 13.3. The van der Waals surface area contributed by atoms with Gasteiger partial charge in [-0.3, -0.25) is 9.78 Å². The minimum atomic E-state index is -0.508. The first-order valence-corrected chi connectivity index (χ1v) is 10.4. The zero-order valence-electron chi connectivity index (χ0n) is 17.7. The summed E-state index contributed by atoms with van der Waals surface area (Å²) in [7, 11) is 0. The molecule has 0 bridgehead atoms. The summed E-state index contributed by atoms with van der Waals surface area (Å²) in [5.41, 5.74) is 3.90. The number of aliphatic hydroxyl groups excluding tert-OH is 1. The van der Waals surface area contributed by atoms with Gasteiger partial charge in [0.25, 0.3) is 0 Å². The van der Waals surface area contributed by atoms with Crippen molar-refractivity contribution < 1.29 is 14.6 Å². The van der Waals surface area contributed by atoms with Crippen LogP contribution in [0.3, 0.4) is 0 Å². The number of aliphatic hydroxyl groups is 1. The van der Waals surface area contributed by atoms with Gasteiger partial charge in [0.15, 0.2) is 0 Å². The maximum absolute atomic E-state index is 11.6. The number of hydrogen-bond donors (Lipinski definition) is 1. The molecule has 162 valence electrons. The van der Waals surface area contributed by atoms with Crippen LogP contribution in [0.4, 0.5) is 0 Å². The number of ether oxygens (including phenoxy) is 1. The normalized spacial score (nSPS) is 15.4. The van der Waals surface area contributed by atoms with Gasteiger partial charge in [-0.05, 0) is 42.8 Å². The van der Waals surface area contributed by atoms with Crippen molar-refractivity contribution in [3.63, 3.8) is 0 Å². The van der Waals surface area contributed by atoms with E-state index >= 15 is 0 Å². The number of aromatic nitrogens is 3. The Labute approximate surface area is 186 Å². The van der Waals surface area contributed by atoms with E-state index in [1.807, 2.05) is 37.4 Å². The Morgan fingerprint density at radius 3 is 2.91 bits per heavy atom. The Morgan fingerprint density at radius 1 is 1.28 bits per heavy atom. The van der Waals surface area contributed by atoms with Crippen LogP contribution in [-0.4, -0.2) is 56.7 Å².